The molecule has 1 atom stereocenters. The minimum atomic E-state index is -0.608. The maximum absolute atomic E-state index is 14.7. The number of carbonyl (C=O) groups excluding carboxylic acids is 1. The maximum atomic E-state index is 14.7. The molecule has 5 heteroatoms. The molecule has 0 saturated heterocycles. The number of unbranched alkanes of at least 4 members (excludes halogenated alkanes) is 1. The quantitative estimate of drug-likeness (QED) is 0.643. The average Bonchev–Trinajstić information content (AvgIpc) is 2.88. The number of nitrogens with two attached hydrogens (primary N) is 2. The lowest BCUT2D eigenvalue weighted by molar-refractivity contribution is 0.100. The summed E-state index contributed by atoms with van der Waals surface area (Å²) in [7, 11) is 0. The number of carbonyl (C=O) groups is 1. The number of benzene rings is 1. The molecular formula is C19H28FN3O. The second kappa shape index (κ2) is 7.79. The van der Waals surface area contributed by atoms with Crippen molar-refractivity contribution in [1.82, 2.24) is 4.98 Å². The molecular weight excluding hydrogens is 305 g/mol. The third-order valence-corrected chi connectivity index (χ3v) is 4.84. The summed E-state index contributed by atoms with van der Waals surface area (Å²) >= 11 is 0. The fourth-order valence-corrected chi connectivity index (χ4v) is 3.40. The van der Waals surface area contributed by atoms with Crippen LogP contribution in [0, 0.1) is 12.7 Å². The number of fused-ring (bicyclic) bond motifs is 1. The highest BCUT2D eigenvalue weighted by atomic mass is 19.1. The second-order valence-corrected chi connectivity index (χ2v) is 6.49. The van der Waals surface area contributed by atoms with Crippen LogP contribution in [0.15, 0.2) is 6.07 Å². The van der Waals surface area contributed by atoms with Gasteiger partial charge in [0, 0.05) is 17.1 Å². The van der Waals surface area contributed by atoms with E-state index >= 15 is 0 Å². The minimum Gasteiger partial charge on any atom is -0.366 e. The molecule has 0 unspecified atom stereocenters. The molecule has 1 amide bonds. The van der Waals surface area contributed by atoms with Crippen LogP contribution < -0.4 is 11.5 Å². The fraction of sp³-hybridized carbons (Fsp3) is 0.526. The Morgan fingerprint density at radius 2 is 2.00 bits per heavy atom. The highest BCUT2D eigenvalue weighted by Gasteiger charge is 2.20. The molecule has 24 heavy (non-hydrogen) atoms. The molecule has 0 aliphatic carbocycles. The smallest absolute Gasteiger partial charge is 0.250 e. The Kier molecular flexibility index (Phi) is 5.99. The summed E-state index contributed by atoms with van der Waals surface area (Å²) in [5.41, 5.74) is 15.0. The Bertz CT molecular complexity index is 736. The van der Waals surface area contributed by atoms with Crippen LogP contribution in [0.2, 0.25) is 0 Å². The zero-order valence-corrected chi connectivity index (χ0v) is 14.8. The highest BCUT2D eigenvalue weighted by Crippen LogP contribution is 2.32. The van der Waals surface area contributed by atoms with Gasteiger partial charge in [-0.05, 0) is 56.2 Å². The summed E-state index contributed by atoms with van der Waals surface area (Å²) < 4.78 is 14.7. The van der Waals surface area contributed by atoms with Crippen LogP contribution >= 0.6 is 0 Å². The summed E-state index contributed by atoms with van der Waals surface area (Å²) in [5.74, 6) is -0.951. The predicted octanol–water partition coefficient (Wildman–Crippen LogP) is 3.73. The van der Waals surface area contributed by atoms with Gasteiger partial charge in [0.1, 0.15) is 5.82 Å². The number of amides is 1. The summed E-state index contributed by atoms with van der Waals surface area (Å²) in [6, 6.07) is 1.49. The minimum absolute atomic E-state index is 0.216. The van der Waals surface area contributed by atoms with Crippen molar-refractivity contribution < 1.29 is 9.18 Å². The normalized spacial score (nSPS) is 12.7. The van der Waals surface area contributed by atoms with Gasteiger partial charge in [0.2, 0.25) is 0 Å². The van der Waals surface area contributed by atoms with Gasteiger partial charge >= 0.3 is 0 Å². The number of halogens is 1. The maximum Gasteiger partial charge on any atom is 0.250 e. The van der Waals surface area contributed by atoms with E-state index in [4.69, 9.17) is 11.5 Å². The van der Waals surface area contributed by atoms with E-state index in [0.29, 0.717) is 17.5 Å². The standard InChI is InChI=1S/C19H28FN3O/c1-4-12(21)8-6-7-9-14-16(20)10-15(19(22)24)18-17(14)13(5-2)11(3)23-18/h10,12,23H,4-9,21H2,1-3H3,(H2,22,24)/t12-/m1/s1. The van der Waals surface area contributed by atoms with E-state index in [1.807, 2.05) is 13.8 Å². The first-order chi connectivity index (χ1) is 11.4. The number of aromatic amines is 1. The van der Waals surface area contributed by atoms with Crippen molar-refractivity contribution >= 4 is 16.8 Å². The number of primary amides is 1. The van der Waals surface area contributed by atoms with Gasteiger partial charge in [0.25, 0.3) is 5.91 Å². The van der Waals surface area contributed by atoms with Gasteiger partial charge < -0.3 is 16.5 Å². The molecule has 1 aromatic heterocycles. The van der Waals surface area contributed by atoms with Gasteiger partial charge in [-0.1, -0.05) is 20.3 Å². The summed E-state index contributed by atoms with van der Waals surface area (Å²) in [4.78, 5) is 14.9. The summed E-state index contributed by atoms with van der Waals surface area (Å²) in [6.07, 6.45) is 5.18. The van der Waals surface area contributed by atoms with E-state index in [-0.39, 0.29) is 17.4 Å². The Morgan fingerprint density at radius 1 is 1.29 bits per heavy atom. The number of aromatic nitrogens is 1. The molecule has 0 aliphatic rings. The van der Waals surface area contributed by atoms with Gasteiger partial charge in [-0.3, -0.25) is 4.79 Å². The Labute approximate surface area is 142 Å². The third kappa shape index (κ3) is 3.61. The first kappa shape index (κ1) is 18.5. The van der Waals surface area contributed by atoms with Crippen molar-refractivity contribution in [2.24, 2.45) is 11.5 Å². The highest BCUT2D eigenvalue weighted by molar-refractivity contribution is 6.07. The van der Waals surface area contributed by atoms with Gasteiger partial charge in [0.05, 0.1) is 11.1 Å². The molecule has 1 heterocycles. The average molecular weight is 333 g/mol. The van der Waals surface area contributed by atoms with Crippen LogP contribution in [0.3, 0.4) is 0 Å². The zero-order valence-electron chi connectivity index (χ0n) is 14.8. The zero-order chi connectivity index (χ0) is 17.9. The van der Waals surface area contributed by atoms with E-state index in [1.54, 1.807) is 0 Å². The van der Waals surface area contributed by atoms with Crippen LogP contribution in [0.4, 0.5) is 4.39 Å². The lowest BCUT2D eigenvalue weighted by Gasteiger charge is -2.11. The van der Waals surface area contributed by atoms with Crippen LogP contribution in [0.5, 0.6) is 0 Å². The van der Waals surface area contributed by atoms with E-state index in [2.05, 4.69) is 11.9 Å². The van der Waals surface area contributed by atoms with Crippen LogP contribution in [-0.2, 0) is 12.8 Å². The molecule has 5 N–H and O–H groups in total. The van der Waals surface area contributed by atoms with Gasteiger partial charge in [-0.25, -0.2) is 4.39 Å². The molecule has 0 saturated carbocycles. The van der Waals surface area contributed by atoms with Crippen molar-refractivity contribution in [2.45, 2.75) is 65.3 Å². The molecule has 0 radical (unpaired) electrons. The monoisotopic (exact) mass is 333 g/mol. The van der Waals surface area contributed by atoms with Crippen LogP contribution in [0.1, 0.15) is 66.7 Å². The molecule has 2 aromatic rings. The molecule has 2 rings (SSSR count). The number of hydrogen-bond acceptors (Lipinski definition) is 2. The molecule has 4 nitrogen and oxygen atoms in total. The van der Waals surface area contributed by atoms with Crippen molar-refractivity contribution in [3.05, 3.63) is 34.3 Å². The largest absolute Gasteiger partial charge is 0.366 e. The number of H-pyrrole nitrogens is 1. The first-order valence-corrected chi connectivity index (χ1v) is 8.78. The van der Waals surface area contributed by atoms with Crippen LogP contribution in [0.25, 0.3) is 10.9 Å². The van der Waals surface area contributed by atoms with Gasteiger partial charge in [-0.15, -0.1) is 0 Å². The van der Waals surface area contributed by atoms with E-state index in [1.165, 1.54) is 6.07 Å². The number of aryl methyl sites for hydroxylation is 3. The predicted molar refractivity (Wildman–Crippen MR) is 96.7 cm³/mol. The Balaban J connectivity index is 2.40. The molecule has 0 fully saturated rings. The fourth-order valence-electron chi connectivity index (χ4n) is 3.40. The third-order valence-electron chi connectivity index (χ3n) is 4.84. The first-order valence-electron chi connectivity index (χ1n) is 8.78. The molecule has 1 aromatic carbocycles. The molecule has 0 aliphatic heterocycles. The lowest BCUT2D eigenvalue weighted by Crippen LogP contribution is -2.18. The van der Waals surface area contributed by atoms with Crippen molar-refractivity contribution in [3.8, 4) is 0 Å². The SMILES string of the molecule is CCc1c(C)[nH]c2c(C(N)=O)cc(F)c(CCCC[C@H](N)CC)c12. The number of rotatable bonds is 8. The van der Waals surface area contributed by atoms with Crippen molar-refractivity contribution in [1.29, 1.82) is 0 Å². The molecule has 0 spiro atoms. The van der Waals surface area contributed by atoms with E-state index in [9.17, 15) is 9.18 Å². The number of nitrogens with one attached hydrogen (secondary N) is 1. The van der Waals surface area contributed by atoms with E-state index < -0.39 is 5.91 Å². The molecule has 0 bridgehead atoms. The van der Waals surface area contributed by atoms with Gasteiger partial charge in [0.15, 0.2) is 0 Å². The van der Waals surface area contributed by atoms with Crippen molar-refractivity contribution in [3.63, 3.8) is 0 Å². The topological polar surface area (TPSA) is 84.9 Å². The number of hydrogen-bond donors (Lipinski definition) is 3. The molecule has 132 valence electrons. The lowest BCUT2D eigenvalue weighted by atomic mass is 9.95. The van der Waals surface area contributed by atoms with Gasteiger partial charge in [-0.2, -0.15) is 0 Å². The summed E-state index contributed by atoms with van der Waals surface area (Å²) in [6.45, 7) is 6.06. The Hall–Kier alpha value is -1.88. The summed E-state index contributed by atoms with van der Waals surface area (Å²) in [5, 5.41) is 0.837. The Morgan fingerprint density at radius 3 is 2.58 bits per heavy atom. The second-order valence-electron chi connectivity index (χ2n) is 6.49. The van der Waals surface area contributed by atoms with Crippen molar-refractivity contribution in [2.75, 3.05) is 0 Å². The van der Waals surface area contributed by atoms with E-state index in [0.717, 1.165) is 48.7 Å². The van der Waals surface area contributed by atoms with Crippen LogP contribution in [-0.4, -0.2) is 16.9 Å².